The maximum absolute atomic E-state index is 12.5. The molecule has 2 aromatic rings. The number of para-hydroxylation sites is 1. The summed E-state index contributed by atoms with van der Waals surface area (Å²) in [5.74, 6) is -0.161. The van der Waals surface area contributed by atoms with Crippen molar-refractivity contribution in [1.29, 1.82) is 0 Å². The zero-order valence-electron chi connectivity index (χ0n) is 13.1. The van der Waals surface area contributed by atoms with Gasteiger partial charge in [-0.1, -0.05) is 43.6 Å². The summed E-state index contributed by atoms with van der Waals surface area (Å²) >= 11 is 5.77. The van der Waals surface area contributed by atoms with Crippen molar-refractivity contribution >= 4 is 28.9 Å². The van der Waals surface area contributed by atoms with Crippen molar-refractivity contribution in [3.8, 4) is 0 Å². The largest absolute Gasteiger partial charge is 0.321 e. The van der Waals surface area contributed by atoms with E-state index >= 15 is 0 Å². The van der Waals surface area contributed by atoms with Crippen molar-refractivity contribution in [3.63, 3.8) is 0 Å². The number of hydrogen-bond donors (Lipinski definition) is 1. The normalized spacial score (nSPS) is 10.7. The second-order valence-electron chi connectivity index (χ2n) is 5.57. The van der Waals surface area contributed by atoms with E-state index in [0.717, 1.165) is 16.8 Å². The number of amides is 1. The molecule has 0 aliphatic heterocycles. The maximum atomic E-state index is 12.5. The number of nitro benzene ring substituents is 1. The van der Waals surface area contributed by atoms with Crippen molar-refractivity contribution in [1.82, 2.24) is 0 Å². The first-order valence-corrected chi connectivity index (χ1v) is 7.54. The van der Waals surface area contributed by atoms with Crippen LogP contribution in [0.2, 0.25) is 5.02 Å². The summed E-state index contributed by atoms with van der Waals surface area (Å²) in [6, 6.07) is 9.82. The molecule has 120 valence electrons. The highest BCUT2D eigenvalue weighted by molar-refractivity contribution is 6.32. The predicted octanol–water partition coefficient (Wildman–Crippen LogP) is 4.93. The first kappa shape index (κ1) is 17.0. The summed E-state index contributed by atoms with van der Waals surface area (Å²) in [4.78, 5) is 22.8. The van der Waals surface area contributed by atoms with Gasteiger partial charge in [0.15, 0.2) is 0 Å². The minimum Gasteiger partial charge on any atom is -0.321 e. The number of carbonyl (C=O) groups excluding carboxylic acids is 1. The molecule has 23 heavy (non-hydrogen) atoms. The molecule has 0 heterocycles. The van der Waals surface area contributed by atoms with Gasteiger partial charge in [-0.3, -0.25) is 14.9 Å². The molecule has 0 aromatic heterocycles. The number of benzene rings is 2. The van der Waals surface area contributed by atoms with E-state index in [1.165, 1.54) is 18.2 Å². The van der Waals surface area contributed by atoms with Crippen molar-refractivity contribution < 1.29 is 9.72 Å². The van der Waals surface area contributed by atoms with Gasteiger partial charge in [0.25, 0.3) is 11.6 Å². The average Bonchev–Trinajstić information content (AvgIpc) is 2.49. The van der Waals surface area contributed by atoms with Crippen molar-refractivity contribution in [2.45, 2.75) is 26.7 Å². The van der Waals surface area contributed by atoms with Gasteiger partial charge >= 0.3 is 0 Å². The summed E-state index contributed by atoms with van der Waals surface area (Å²) in [5, 5.41) is 13.8. The van der Waals surface area contributed by atoms with Crippen LogP contribution in [0.15, 0.2) is 36.4 Å². The molecule has 6 heteroatoms. The Morgan fingerprint density at radius 3 is 2.57 bits per heavy atom. The Balaban J connectivity index is 2.37. The van der Waals surface area contributed by atoms with Gasteiger partial charge in [0.1, 0.15) is 5.02 Å². The molecular formula is C17H17ClN2O3. The van der Waals surface area contributed by atoms with Crippen LogP contribution in [0.3, 0.4) is 0 Å². The van der Waals surface area contributed by atoms with E-state index < -0.39 is 10.8 Å². The smallest absolute Gasteiger partial charge is 0.288 e. The number of anilines is 1. The Bertz CT molecular complexity index is 772. The highest BCUT2D eigenvalue weighted by Gasteiger charge is 2.18. The maximum Gasteiger partial charge on any atom is 0.288 e. The van der Waals surface area contributed by atoms with Gasteiger partial charge in [-0.05, 0) is 36.1 Å². The highest BCUT2D eigenvalue weighted by Crippen LogP contribution is 2.29. The third kappa shape index (κ3) is 3.68. The lowest BCUT2D eigenvalue weighted by Gasteiger charge is -2.16. The lowest BCUT2D eigenvalue weighted by Crippen LogP contribution is -2.15. The number of aryl methyl sites for hydroxylation is 1. The molecule has 0 aliphatic carbocycles. The Kier molecular flexibility index (Phi) is 5.01. The molecule has 0 saturated carbocycles. The third-order valence-electron chi connectivity index (χ3n) is 3.57. The van der Waals surface area contributed by atoms with Gasteiger partial charge in [0, 0.05) is 17.3 Å². The predicted molar refractivity (Wildman–Crippen MR) is 91.3 cm³/mol. The Morgan fingerprint density at radius 2 is 1.96 bits per heavy atom. The Hall–Kier alpha value is -2.40. The molecule has 0 radical (unpaired) electrons. The molecule has 0 saturated heterocycles. The SMILES string of the molecule is Cc1cccc(C(C)C)c1NC(=O)c1ccc(Cl)c([N+](=O)[O-])c1. The van der Waals surface area contributed by atoms with E-state index in [1.807, 2.05) is 39.0 Å². The van der Waals surface area contributed by atoms with Gasteiger partial charge in [0.2, 0.25) is 0 Å². The minimum absolute atomic E-state index is 0.00492. The van der Waals surface area contributed by atoms with Crippen LogP contribution in [0.5, 0.6) is 0 Å². The van der Waals surface area contributed by atoms with Gasteiger partial charge in [0.05, 0.1) is 4.92 Å². The topological polar surface area (TPSA) is 72.2 Å². The van der Waals surface area contributed by atoms with E-state index in [2.05, 4.69) is 5.32 Å². The van der Waals surface area contributed by atoms with Gasteiger partial charge in [-0.2, -0.15) is 0 Å². The fourth-order valence-electron chi connectivity index (χ4n) is 2.32. The Morgan fingerprint density at radius 1 is 1.26 bits per heavy atom. The van der Waals surface area contributed by atoms with E-state index in [1.54, 1.807) is 0 Å². The molecule has 0 bridgehead atoms. The van der Waals surface area contributed by atoms with E-state index in [4.69, 9.17) is 11.6 Å². The fourth-order valence-corrected chi connectivity index (χ4v) is 2.51. The molecule has 0 spiro atoms. The monoisotopic (exact) mass is 332 g/mol. The Labute approximate surface area is 139 Å². The zero-order chi connectivity index (χ0) is 17.1. The summed E-state index contributed by atoms with van der Waals surface area (Å²) in [6.07, 6.45) is 0. The van der Waals surface area contributed by atoms with Crippen molar-refractivity contribution in [3.05, 3.63) is 68.2 Å². The van der Waals surface area contributed by atoms with Crippen LogP contribution >= 0.6 is 11.6 Å². The number of nitrogens with one attached hydrogen (secondary N) is 1. The minimum atomic E-state index is -0.605. The molecule has 5 nitrogen and oxygen atoms in total. The second kappa shape index (κ2) is 6.79. The van der Waals surface area contributed by atoms with Crippen LogP contribution in [-0.4, -0.2) is 10.8 Å². The van der Waals surface area contributed by atoms with E-state index in [9.17, 15) is 14.9 Å². The summed E-state index contributed by atoms with van der Waals surface area (Å²) in [7, 11) is 0. The second-order valence-corrected chi connectivity index (χ2v) is 5.98. The molecule has 0 aliphatic rings. The van der Waals surface area contributed by atoms with Crippen LogP contribution in [0.4, 0.5) is 11.4 Å². The standard InChI is InChI=1S/C17H17ClN2O3/c1-10(2)13-6-4-5-11(3)16(13)19-17(21)12-7-8-14(18)15(9-12)20(22)23/h4-10H,1-3H3,(H,19,21). The van der Waals surface area contributed by atoms with Crippen LogP contribution in [0, 0.1) is 17.0 Å². The van der Waals surface area contributed by atoms with Gasteiger partial charge in [-0.15, -0.1) is 0 Å². The lowest BCUT2D eigenvalue weighted by atomic mass is 9.98. The third-order valence-corrected chi connectivity index (χ3v) is 3.89. The molecular weight excluding hydrogens is 316 g/mol. The number of nitro groups is 1. The van der Waals surface area contributed by atoms with Crippen LogP contribution in [0.25, 0.3) is 0 Å². The fraction of sp³-hybridized carbons (Fsp3) is 0.235. The molecule has 1 N–H and O–H groups in total. The highest BCUT2D eigenvalue weighted by atomic mass is 35.5. The summed E-state index contributed by atoms with van der Waals surface area (Å²) < 4.78 is 0. The molecule has 2 aromatic carbocycles. The number of carbonyl (C=O) groups is 1. The zero-order valence-corrected chi connectivity index (χ0v) is 13.8. The van der Waals surface area contributed by atoms with Gasteiger partial charge < -0.3 is 5.32 Å². The molecule has 0 atom stereocenters. The summed E-state index contributed by atoms with van der Waals surface area (Å²) in [6.45, 7) is 5.99. The molecule has 0 unspecified atom stereocenters. The van der Waals surface area contributed by atoms with Crippen LogP contribution in [-0.2, 0) is 0 Å². The van der Waals surface area contributed by atoms with E-state index in [0.29, 0.717) is 0 Å². The molecule has 1 amide bonds. The van der Waals surface area contributed by atoms with Gasteiger partial charge in [-0.25, -0.2) is 0 Å². The van der Waals surface area contributed by atoms with Crippen molar-refractivity contribution in [2.24, 2.45) is 0 Å². The van der Waals surface area contributed by atoms with Crippen molar-refractivity contribution in [2.75, 3.05) is 5.32 Å². The summed E-state index contributed by atoms with van der Waals surface area (Å²) in [5.41, 5.74) is 2.60. The van der Waals surface area contributed by atoms with Crippen LogP contribution < -0.4 is 5.32 Å². The first-order chi connectivity index (χ1) is 10.8. The number of nitrogens with zero attached hydrogens (tertiary/aromatic N) is 1. The average molecular weight is 333 g/mol. The van der Waals surface area contributed by atoms with E-state index in [-0.39, 0.29) is 22.2 Å². The molecule has 2 rings (SSSR count). The number of halogens is 1. The number of hydrogen-bond acceptors (Lipinski definition) is 3. The van der Waals surface area contributed by atoms with Crippen LogP contribution in [0.1, 0.15) is 41.3 Å². The first-order valence-electron chi connectivity index (χ1n) is 7.16. The quantitative estimate of drug-likeness (QED) is 0.637. The number of rotatable bonds is 4. The molecule has 0 fully saturated rings. The lowest BCUT2D eigenvalue weighted by molar-refractivity contribution is -0.384.